The Bertz CT molecular complexity index is 1070. The summed E-state index contributed by atoms with van der Waals surface area (Å²) in [5, 5.41) is 10.0. The highest BCUT2D eigenvalue weighted by molar-refractivity contribution is 8.03. The summed E-state index contributed by atoms with van der Waals surface area (Å²) in [5.74, 6) is 1.79. The molecule has 2 heterocycles. The van der Waals surface area contributed by atoms with Crippen molar-refractivity contribution in [1.82, 2.24) is 4.90 Å². The fourth-order valence-corrected chi connectivity index (χ4v) is 5.18. The fraction of sp³-hybridized carbons (Fsp3) is 0.346. The van der Waals surface area contributed by atoms with E-state index < -0.39 is 6.16 Å². The number of fused-ring (bicyclic) bond motifs is 1. The Labute approximate surface area is 203 Å². The highest BCUT2D eigenvalue weighted by Gasteiger charge is 2.22. The number of hydrogen-bond acceptors (Lipinski definition) is 6. The summed E-state index contributed by atoms with van der Waals surface area (Å²) in [5.41, 5.74) is 3.30. The molecule has 0 atom stereocenters. The number of carbonyl (C=O) groups is 1. The van der Waals surface area contributed by atoms with Crippen molar-refractivity contribution in [1.29, 1.82) is 0 Å². The third-order valence-corrected chi connectivity index (χ3v) is 7.02. The van der Waals surface area contributed by atoms with E-state index in [1.54, 1.807) is 30.0 Å². The molecule has 0 saturated heterocycles. The summed E-state index contributed by atoms with van der Waals surface area (Å²) in [6.45, 7) is 5.90. The Kier molecular flexibility index (Phi) is 8.00. The van der Waals surface area contributed by atoms with Crippen LogP contribution < -0.4 is 9.64 Å². The lowest BCUT2D eigenvalue weighted by molar-refractivity contribution is 0.119. The number of thioether (sulfide) groups is 1. The van der Waals surface area contributed by atoms with Crippen LogP contribution in [-0.4, -0.2) is 48.2 Å². The zero-order valence-corrected chi connectivity index (χ0v) is 20.0. The van der Waals surface area contributed by atoms with Gasteiger partial charge in [-0.05, 0) is 67.0 Å². The second-order valence-corrected chi connectivity index (χ2v) is 9.21. The smallest absolute Gasteiger partial charge is 0.490 e. The number of carboxylic acid groups (broad SMARTS) is 1. The van der Waals surface area contributed by atoms with Crippen molar-refractivity contribution in [2.24, 2.45) is 0 Å². The topological polar surface area (TPSA) is 62.2 Å². The molecule has 0 radical (unpaired) electrons. The quantitative estimate of drug-likeness (QED) is 0.365. The Morgan fingerprint density at radius 2 is 1.97 bits per heavy atom. The summed E-state index contributed by atoms with van der Waals surface area (Å²) in [6.07, 6.45) is 4.02. The molecular weight excluding hydrogens is 455 g/mol. The van der Waals surface area contributed by atoms with E-state index in [4.69, 9.17) is 9.47 Å². The fourth-order valence-electron chi connectivity index (χ4n) is 4.13. The standard InChI is InChI=1S/C26H29FN2O4S/c1-2-28-14-15-32-23-12-9-20(17-22(23)28)18-29-13-3-6-24(33-26(30)31)25(29)34-16-4-5-19-7-10-21(27)11-8-19/h3,6-12,17H,2,4-5,13-16,18H2,1H3,(H,30,31). The molecule has 0 amide bonds. The van der Waals surface area contributed by atoms with Crippen LogP contribution in [0.15, 0.2) is 65.4 Å². The molecule has 0 aromatic heterocycles. The van der Waals surface area contributed by atoms with Crippen LogP contribution in [0.1, 0.15) is 24.5 Å². The Balaban J connectivity index is 1.46. The van der Waals surface area contributed by atoms with Crippen molar-refractivity contribution in [3.05, 3.63) is 82.3 Å². The van der Waals surface area contributed by atoms with Gasteiger partial charge >= 0.3 is 6.16 Å². The van der Waals surface area contributed by atoms with E-state index in [2.05, 4.69) is 28.9 Å². The SMILES string of the molecule is CCN1CCOc2ccc(CN3CC=CC(OC(=O)O)=C3SCCCc3ccc(F)cc3)cc21. The molecule has 34 heavy (non-hydrogen) atoms. The van der Waals surface area contributed by atoms with E-state index in [0.29, 0.717) is 25.5 Å². The van der Waals surface area contributed by atoms with Crippen molar-refractivity contribution in [2.75, 3.05) is 36.9 Å². The van der Waals surface area contributed by atoms with Gasteiger partial charge in [0.25, 0.3) is 0 Å². The molecule has 0 saturated carbocycles. The molecule has 2 aromatic carbocycles. The molecule has 180 valence electrons. The van der Waals surface area contributed by atoms with Crippen LogP contribution in [0.25, 0.3) is 0 Å². The Morgan fingerprint density at radius 1 is 1.18 bits per heavy atom. The van der Waals surface area contributed by atoms with Crippen LogP contribution in [0.3, 0.4) is 0 Å². The number of benzene rings is 2. The van der Waals surface area contributed by atoms with Crippen molar-refractivity contribution < 1.29 is 23.8 Å². The lowest BCUT2D eigenvalue weighted by Crippen LogP contribution is -2.32. The highest BCUT2D eigenvalue weighted by Crippen LogP contribution is 2.35. The van der Waals surface area contributed by atoms with Gasteiger partial charge in [-0.15, -0.1) is 11.8 Å². The van der Waals surface area contributed by atoms with E-state index in [1.165, 1.54) is 12.1 Å². The zero-order valence-electron chi connectivity index (χ0n) is 19.2. The van der Waals surface area contributed by atoms with Gasteiger partial charge in [0.15, 0.2) is 5.76 Å². The van der Waals surface area contributed by atoms with E-state index in [1.807, 2.05) is 12.1 Å². The van der Waals surface area contributed by atoms with Crippen molar-refractivity contribution in [3.8, 4) is 5.75 Å². The number of allylic oxidation sites excluding steroid dienone is 1. The average Bonchev–Trinajstić information content (AvgIpc) is 2.83. The second-order valence-electron chi connectivity index (χ2n) is 8.13. The van der Waals surface area contributed by atoms with Gasteiger partial charge in [0, 0.05) is 19.6 Å². The first-order valence-electron chi connectivity index (χ1n) is 11.5. The van der Waals surface area contributed by atoms with Crippen LogP contribution in [0, 0.1) is 5.82 Å². The maximum atomic E-state index is 13.1. The minimum atomic E-state index is -1.32. The summed E-state index contributed by atoms with van der Waals surface area (Å²) in [7, 11) is 0. The van der Waals surface area contributed by atoms with Crippen molar-refractivity contribution >= 4 is 23.6 Å². The molecule has 0 spiro atoms. The molecule has 6 nitrogen and oxygen atoms in total. The molecular formula is C26H29FN2O4S. The van der Waals surface area contributed by atoms with Crippen LogP contribution in [0.4, 0.5) is 14.9 Å². The number of likely N-dealkylation sites (N-methyl/N-ethyl adjacent to an activating group) is 1. The van der Waals surface area contributed by atoms with Gasteiger partial charge in [-0.25, -0.2) is 9.18 Å². The maximum absolute atomic E-state index is 13.1. The van der Waals surface area contributed by atoms with Gasteiger partial charge in [0.05, 0.1) is 12.2 Å². The second kappa shape index (κ2) is 11.3. The normalized spacial score (nSPS) is 15.2. The van der Waals surface area contributed by atoms with Gasteiger partial charge < -0.3 is 24.4 Å². The molecule has 0 unspecified atom stereocenters. The predicted molar refractivity (Wildman–Crippen MR) is 133 cm³/mol. The molecule has 0 fully saturated rings. The van der Waals surface area contributed by atoms with Gasteiger partial charge in [0.1, 0.15) is 23.2 Å². The van der Waals surface area contributed by atoms with Crippen LogP contribution in [0.2, 0.25) is 0 Å². The number of rotatable bonds is 9. The average molecular weight is 485 g/mol. The zero-order chi connectivity index (χ0) is 23.9. The van der Waals surface area contributed by atoms with E-state index >= 15 is 0 Å². The summed E-state index contributed by atoms with van der Waals surface area (Å²) in [4.78, 5) is 15.7. The van der Waals surface area contributed by atoms with Gasteiger partial charge in [-0.2, -0.15) is 0 Å². The summed E-state index contributed by atoms with van der Waals surface area (Å²) in [6, 6.07) is 12.8. The Hall–Kier alpha value is -3.13. The first-order valence-corrected chi connectivity index (χ1v) is 12.5. The van der Waals surface area contributed by atoms with Crippen LogP contribution >= 0.6 is 11.8 Å². The van der Waals surface area contributed by atoms with Crippen molar-refractivity contribution in [3.63, 3.8) is 0 Å². The molecule has 0 aliphatic carbocycles. The number of hydrogen-bond donors (Lipinski definition) is 1. The van der Waals surface area contributed by atoms with E-state index in [0.717, 1.165) is 59.3 Å². The predicted octanol–water partition coefficient (Wildman–Crippen LogP) is 5.65. The third-order valence-electron chi connectivity index (χ3n) is 5.79. The number of anilines is 1. The number of nitrogens with zero attached hydrogens (tertiary/aromatic N) is 2. The van der Waals surface area contributed by atoms with Gasteiger partial charge in [-0.1, -0.05) is 24.3 Å². The molecule has 0 bridgehead atoms. The third kappa shape index (κ3) is 6.05. The molecule has 2 aliphatic heterocycles. The number of halogens is 1. The van der Waals surface area contributed by atoms with Crippen LogP contribution in [-0.2, 0) is 17.7 Å². The summed E-state index contributed by atoms with van der Waals surface area (Å²) >= 11 is 1.59. The maximum Gasteiger partial charge on any atom is 0.511 e. The first kappa shape index (κ1) is 24.0. The summed E-state index contributed by atoms with van der Waals surface area (Å²) < 4.78 is 24.0. The van der Waals surface area contributed by atoms with Gasteiger partial charge in [-0.3, -0.25) is 0 Å². The lowest BCUT2D eigenvalue weighted by atomic mass is 10.1. The monoisotopic (exact) mass is 484 g/mol. The first-order chi connectivity index (χ1) is 16.5. The molecule has 4 rings (SSSR count). The highest BCUT2D eigenvalue weighted by atomic mass is 32.2. The van der Waals surface area contributed by atoms with E-state index in [9.17, 15) is 14.3 Å². The number of ether oxygens (including phenoxy) is 2. The van der Waals surface area contributed by atoms with Crippen LogP contribution in [0.5, 0.6) is 5.75 Å². The largest absolute Gasteiger partial charge is 0.511 e. The molecule has 8 heteroatoms. The minimum Gasteiger partial charge on any atom is -0.490 e. The van der Waals surface area contributed by atoms with Gasteiger partial charge in [0.2, 0.25) is 0 Å². The lowest BCUT2D eigenvalue weighted by Gasteiger charge is -2.32. The molecule has 2 aromatic rings. The Morgan fingerprint density at radius 3 is 2.74 bits per heavy atom. The van der Waals surface area contributed by atoms with E-state index in [-0.39, 0.29) is 5.82 Å². The minimum absolute atomic E-state index is 0.237. The molecule has 2 aliphatic rings. The number of aryl methyl sites for hydroxylation is 1. The van der Waals surface area contributed by atoms with Crippen molar-refractivity contribution in [2.45, 2.75) is 26.3 Å². The molecule has 1 N–H and O–H groups in total.